The first kappa shape index (κ1) is 10.6. The topological polar surface area (TPSA) is 34.9 Å². The van der Waals surface area contributed by atoms with E-state index in [4.69, 9.17) is 0 Å². The van der Waals surface area contributed by atoms with Crippen LogP contribution in [-0.4, -0.2) is 15.3 Å². The summed E-state index contributed by atoms with van der Waals surface area (Å²) in [6, 6.07) is 3.79. The molecule has 0 N–H and O–H groups in total. The minimum Gasteiger partial charge on any atom is -0.331 e. The molecule has 0 unspecified atom stereocenters. The van der Waals surface area contributed by atoms with Gasteiger partial charge < -0.3 is 4.57 Å². The lowest BCUT2D eigenvalue weighted by atomic mass is 10.2. The van der Waals surface area contributed by atoms with Crippen LogP contribution in [0.15, 0.2) is 37.2 Å². The highest BCUT2D eigenvalue weighted by Crippen LogP contribution is 2.20. The first-order chi connectivity index (χ1) is 7.74. The van der Waals surface area contributed by atoms with Gasteiger partial charge in [-0.1, -0.05) is 6.08 Å². The van der Waals surface area contributed by atoms with Gasteiger partial charge in [-0.2, -0.15) is 0 Å². The Morgan fingerprint density at radius 1 is 1.62 bits per heavy atom. The number of Topliss-reactive ketones (excluding diaryl/α,β-unsaturated/α-hetero) is 1. The van der Waals surface area contributed by atoms with Crippen LogP contribution < -0.4 is 0 Å². The fraction of sp³-hybridized carbons (Fsp3) is 0.231. The molecule has 0 bridgehead atoms. The van der Waals surface area contributed by atoms with Gasteiger partial charge >= 0.3 is 0 Å². The van der Waals surface area contributed by atoms with Crippen LogP contribution in [0.3, 0.4) is 0 Å². The fourth-order valence-corrected chi connectivity index (χ4v) is 1.80. The molecule has 0 aliphatic heterocycles. The van der Waals surface area contributed by atoms with Gasteiger partial charge in [0, 0.05) is 29.9 Å². The fourth-order valence-electron chi connectivity index (χ4n) is 1.80. The summed E-state index contributed by atoms with van der Waals surface area (Å²) in [6.45, 7) is 6.09. The zero-order chi connectivity index (χ0) is 11.5. The average molecular weight is 214 g/mol. The molecule has 3 heteroatoms. The summed E-state index contributed by atoms with van der Waals surface area (Å²) in [4.78, 5) is 15.8. The molecule has 0 atom stereocenters. The van der Waals surface area contributed by atoms with Crippen LogP contribution in [-0.2, 0) is 6.54 Å². The smallest absolute Gasteiger partial charge is 0.162 e. The number of allylic oxidation sites excluding steroid dienone is 1. The van der Waals surface area contributed by atoms with Crippen LogP contribution in [0.5, 0.6) is 0 Å². The molecule has 2 heterocycles. The SMILES string of the molecule is C=CCCn1cc(C(C)=O)c2cccnc21. The summed E-state index contributed by atoms with van der Waals surface area (Å²) in [5, 5.41) is 0.930. The van der Waals surface area contributed by atoms with Crippen molar-refractivity contribution in [3.8, 4) is 0 Å². The molecule has 2 rings (SSSR count). The maximum atomic E-state index is 11.5. The average Bonchev–Trinajstić information content (AvgIpc) is 2.65. The van der Waals surface area contributed by atoms with Crippen LogP contribution >= 0.6 is 0 Å². The van der Waals surface area contributed by atoms with Gasteiger partial charge in [-0.15, -0.1) is 6.58 Å². The molecule has 0 aromatic carbocycles. The molecule has 82 valence electrons. The van der Waals surface area contributed by atoms with Crippen LogP contribution in [0, 0.1) is 0 Å². The molecule has 0 aliphatic carbocycles. The Bertz CT molecular complexity index is 540. The van der Waals surface area contributed by atoms with Gasteiger partial charge in [-0.05, 0) is 25.5 Å². The molecule has 0 amide bonds. The summed E-state index contributed by atoms with van der Waals surface area (Å²) in [5.74, 6) is 0.0790. The lowest BCUT2D eigenvalue weighted by Crippen LogP contribution is -1.96. The molecule has 16 heavy (non-hydrogen) atoms. The van der Waals surface area contributed by atoms with Gasteiger partial charge in [0.25, 0.3) is 0 Å². The molecular formula is C13H14N2O. The Morgan fingerprint density at radius 2 is 2.44 bits per heavy atom. The Labute approximate surface area is 94.4 Å². The number of rotatable bonds is 4. The summed E-state index contributed by atoms with van der Waals surface area (Å²) < 4.78 is 2.01. The summed E-state index contributed by atoms with van der Waals surface area (Å²) >= 11 is 0. The van der Waals surface area contributed by atoms with Crippen molar-refractivity contribution in [2.45, 2.75) is 19.9 Å². The van der Waals surface area contributed by atoms with E-state index in [-0.39, 0.29) is 5.78 Å². The second-order valence-electron chi connectivity index (χ2n) is 3.74. The molecule has 0 spiro atoms. The molecule has 0 aliphatic rings. The van der Waals surface area contributed by atoms with E-state index < -0.39 is 0 Å². The summed E-state index contributed by atoms with van der Waals surface area (Å²) in [5.41, 5.74) is 1.61. The number of aryl methyl sites for hydroxylation is 1. The van der Waals surface area contributed by atoms with Gasteiger partial charge in [0.15, 0.2) is 5.78 Å². The number of hydrogen-bond donors (Lipinski definition) is 0. The largest absolute Gasteiger partial charge is 0.331 e. The van der Waals surface area contributed by atoms with Gasteiger partial charge in [-0.3, -0.25) is 4.79 Å². The van der Waals surface area contributed by atoms with E-state index in [2.05, 4.69) is 11.6 Å². The Hall–Kier alpha value is -1.90. The van der Waals surface area contributed by atoms with E-state index in [1.165, 1.54) is 0 Å². The summed E-state index contributed by atoms with van der Waals surface area (Å²) in [7, 11) is 0. The number of ketones is 1. The normalized spacial score (nSPS) is 10.6. The zero-order valence-electron chi connectivity index (χ0n) is 9.31. The van der Waals surface area contributed by atoms with E-state index in [1.807, 2.05) is 29.0 Å². The third-order valence-corrected chi connectivity index (χ3v) is 2.59. The van der Waals surface area contributed by atoms with Crippen molar-refractivity contribution in [1.29, 1.82) is 0 Å². The highest BCUT2D eigenvalue weighted by atomic mass is 16.1. The van der Waals surface area contributed by atoms with Crippen LogP contribution in [0.2, 0.25) is 0 Å². The number of carbonyl (C=O) groups is 1. The Balaban J connectivity index is 2.57. The second kappa shape index (κ2) is 4.31. The first-order valence-electron chi connectivity index (χ1n) is 5.29. The van der Waals surface area contributed by atoms with Gasteiger partial charge in [-0.25, -0.2) is 4.98 Å². The molecule has 0 saturated heterocycles. The molecule has 3 nitrogen and oxygen atoms in total. The first-order valence-corrected chi connectivity index (χ1v) is 5.29. The number of pyridine rings is 1. The standard InChI is InChI=1S/C13H14N2O/c1-3-4-8-15-9-12(10(2)16)11-6-5-7-14-13(11)15/h3,5-7,9H,1,4,8H2,2H3. The van der Waals surface area contributed by atoms with Crippen LogP contribution in [0.25, 0.3) is 11.0 Å². The van der Waals surface area contributed by atoms with E-state index in [9.17, 15) is 4.79 Å². The minimum atomic E-state index is 0.0790. The number of aromatic nitrogens is 2. The molecular weight excluding hydrogens is 200 g/mol. The van der Waals surface area contributed by atoms with Gasteiger partial charge in [0.05, 0.1) is 0 Å². The van der Waals surface area contributed by atoms with Crippen molar-refractivity contribution in [3.63, 3.8) is 0 Å². The van der Waals surface area contributed by atoms with Crippen molar-refractivity contribution in [3.05, 3.63) is 42.7 Å². The van der Waals surface area contributed by atoms with Gasteiger partial charge in [0.2, 0.25) is 0 Å². The maximum absolute atomic E-state index is 11.5. The zero-order valence-corrected chi connectivity index (χ0v) is 9.31. The molecule has 2 aromatic heterocycles. The third kappa shape index (κ3) is 1.76. The molecule has 0 saturated carbocycles. The predicted molar refractivity (Wildman–Crippen MR) is 64.6 cm³/mol. The highest BCUT2D eigenvalue weighted by molar-refractivity contribution is 6.06. The maximum Gasteiger partial charge on any atom is 0.162 e. The third-order valence-electron chi connectivity index (χ3n) is 2.59. The van der Waals surface area contributed by atoms with Crippen molar-refractivity contribution in [2.75, 3.05) is 0 Å². The number of carbonyl (C=O) groups excluding carboxylic acids is 1. The van der Waals surface area contributed by atoms with E-state index in [0.717, 1.165) is 29.6 Å². The number of nitrogens with zero attached hydrogens (tertiary/aromatic N) is 2. The Kier molecular flexibility index (Phi) is 2.86. The molecule has 0 radical (unpaired) electrons. The monoisotopic (exact) mass is 214 g/mol. The van der Waals surface area contributed by atoms with Crippen LogP contribution in [0.1, 0.15) is 23.7 Å². The van der Waals surface area contributed by atoms with Crippen molar-refractivity contribution in [1.82, 2.24) is 9.55 Å². The predicted octanol–water partition coefficient (Wildman–Crippen LogP) is 2.82. The number of hydrogen-bond acceptors (Lipinski definition) is 2. The van der Waals surface area contributed by atoms with E-state index in [0.29, 0.717) is 0 Å². The van der Waals surface area contributed by atoms with Crippen molar-refractivity contribution < 1.29 is 4.79 Å². The van der Waals surface area contributed by atoms with Crippen molar-refractivity contribution >= 4 is 16.8 Å². The van der Waals surface area contributed by atoms with Crippen LogP contribution in [0.4, 0.5) is 0 Å². The molecule has 2 aromatic rings. The van der Waals surface area contributed by atoms with E-state index >= 15 is 0 Å². The summed E-state index contributed by atoms with van der Waals surface area (Å²) in [6.07, 6.45) is 6.36. The lowest BCUT2D eigenvalue weighted by Gasteiger charge is -2.00. The van der Waals surface area contributed by atoms with Gasteiger partial charge in [0.1, 0.15) is 5.65 Å². The second-order valence-corrected chi connectivity index (χ2v) is 3.74. The minimum absolute atomic E-state index is 0.0790. The number of fused-ring (bicyclic) bond motifs is 1. The Morgan fingerprint density at radius 3 is 3.12 bits per heavy atom. The molecule has 0 fully saturated rings. The highest BCUT2D eigenvalue weighted by Gasteiger charge is 2.11. The van der Waals surface area contributed by atoms with E-state index in [1.54, 1.807) is 13.1 Å². The quantitative estimate of drug-likeness (QED) is 0.579. The lowest BCUT2D eigenvalue weighted by molar-refractivity contribution is 0.101. The van der Waals surface area contributed by atoms with Crippen molar-refractivity contribution in [2.24, 2.45) is 0 Å².